The molecule has 0 saturated heterocycles. The topological polar surface area (TPSA) is 37.8 Å². The molecule has 3 nitrogen and oxygen atoms in total. The summed E-state index contributed by atoms with van der Waals surface area (Å²) in [4.78, 5) is 8.80. The van der Waals surface area contributed by atoms with E-state index in [1.165, 1.54) is 30.4 Å². The number of aromatic nitrogens is 2. The van der Waals surface area contributed by atoms with E-state index in [0.29, 0.717) is 0 Å². The molecule has 0 radical (unpaired) electrons. The monoisotopic (exact) mass is 267 g/mol. The van der Waals surface area contributed by atoms with Crippen LogP contribution in [0.1, 0.15) is 43.2 Å². The molecule has 0 aliphatic heterocycles. The van der Waals surface area contributed by atoms with Crippen LogP contribution in [0.25, 0.3) is 11.3 Å². The molecule has 1 aliphatic rings. The van der Waals surface area contributed by atoms with Crippen LogP contribution >= 0.6 is 0 Å². The maximum atomic E-state index is 4.48. The molecule has 0 atom stereocenters. The van der Waals surface area contributed by atoms with Crippen LogP contribution < -0.4 is 5.32 Å². The maximum absolute atomic E-state index is 4.48. The summed E-state index contributed by atoms with van der Waals surface area (Å²) in [7, 11) is 0. The zero-order valence-corrected chi connectivity index (χ0v) is 12.2. The Labute approximate surface area is 120 Å². The van der Waals surface area contributed by atoms with Gasteiger partial charge in [-0.25, -0.2) is 9.97 Å². The van der Waals surface area contributed by atoms with Gasteiger partial charge in [-0.1, -0.05) is 24.6 Å². The summed E-state index contributed by atoms with van der Waals surface area (Å²) < 4.78 is 0. The molecule has 1 saturated carbocycles. The number of rotatable bonds is 4. The van der Waals surface area contributed by atoms with Crippen LogP contribution in [0.3, 0.4) is 0 Å². The van der Waals surface area contributed by atoms with Crippen molar-refractivity contribution >= 4 is 5.82 Å². The van der Waals surface area contributed by atoms with Gasteiger partial charge in [0.15, 0.2) is 0 Å². The van der Waals surface area contributed by atoms with Crippen molar-refractivity contribution in [1.29, 1.82) is 0 Å². The highest BCUT2D eigenvalue weighted by Crippen LogP contribution is 2.37. The minimum absolute atomic E-state index is 0.755. The van der Waals surface area contributed by atoms with Crippen molar-refractivity contribution in [3.8, 4) is 11.3 Å². The number of hydrogen-bond donors (Lipinski definition) is 1. The van der Waals surface area contributed by atoms with Gasteiger partial charge < -0.3 is 5.32 Å². The van der Waals surface area contributed by atoms with Gasteiger partial charge in [-0.05, 0) is 44.2 Å². The van der Waals surface area contributed by atoms with Crippen LogP contribution in [0, 0.1) is 6.92 Å². The van der Waals surface area contributed by atoms with Crippen LogP contribution in [0.15, 0.2) is 30.6 Å². The molecular formula is C17H21N3. The zero-order valence-electron chi connectivity index (χ0n) is 12.2. The van der Waals surface area contributed by atoms with Crippen LogP contribution in [0.2, 0.25) is 0 Å². The predicted octanol–water partition coefficient (Wildman–Crippen LogP) is 4.15. The molecule has 0 amide bonds. The van der Waals surface area contributed by atoms with E-state index < -0.39 is 0 Å². The van der Waals surface area contributed by atoms with Crippen molar-refractivity contribution in [3.63, 3.8) is 0 Å². The van der Waals surface area contributed by atoms with Crippen LogP contribution in [0.4, 0.5) is 5.82 Å². The number of nitrogens with one attached hydrogen (secondary N) is 1. The molecule has 3 heteroatoms. The van der Waals surface area contributed by atoms with E-state index in [4.69, 9.17) is 0 Å². The first-order valence-corrected chi connectivity index (χ1v) is 7.45. The second kappa shape index (κ2) is 5.61. The summed E-state index contributed by atoms with van der Waals surface area (Å²) in [5.41, 5.74) is 4.82. The van der Waals surface area contributed by atoms with Gasteiger partial charge in [0.25, 0.3) is 0 Å². The number of anilines is 1. The summed E-state index contributed by atoms with van der Waals surface area (Å²) in [5, 5.41) is 3.29. The van der Waals surface area contributed by atoms with Crippen LogP contribution in [-0.2, 0) is 0 Å². The largest absolute Gasteiger partial charge is 0.370 e. The van der Waals surface area contributed by atoms with Crippen molar-refractivity contribution in [1.82, 2.24) is 9.97 Å². The Morgan fingerprint density at radius 1 is 1.25 bits per heavy atom. The van der Waals surface area contributed by atoms with E-state index in [1.54, 1.807) is 6.33 Å². The van der Waals surface area contributed by atoms with E-state index in [1.807, 2.05) is 0 Å². The van der Waals surface area contributed by atoms with Gasteiger partial charge in [0, 0.05) is 17.7 Å². The first-order chi connectivity index (χ1) is 9.79. The van der Waals surface area contributed by atoms with E-state index in [-0.39, 0.29) is 0 Å². The lowest BCUT2D eigenvalue weighted by Gasteiger charge is -2.26. The fourth-order valence-electron chi connectivity index (χ4n) is 2.77. The minimum atomic E-state index is 0.755. The third kappa shape index (κ3) is 2.40. The standard InChI is InChI=1S/C17H21N3/c1-3-18-17-12(2)16(19-11-20-17)15-9-5-8-14(10-15)13-6-4-7-13/h5,8-11,13H,3-4,6-7H2,1-2H3,(H,18,19,20). The number of benzene rings is 1. The Hall–Kier alpha value is -1.90. The van der Waals surface area contributed by atoms with Gasteiger partial charge in [0.1, 0.15) is 12.1 Å². The summed E-state index contributed by atoms with van der Waals surface area (Å²) in [6, 6.07) is 8.84. The van der Waals surface area contributed by atoms with E-state index in [9.17, 15) is 0 Å². The average molecular weight is 267 g/mol. The van der Waals surface area contributed by atoms with Crippen molar-refractivity contribution in [3.05, 3.63) is 41.7 Å². The van der Waals surface area contributed by atoms with Crippen molar-refractivity contribution in [2.75, 3.05) is 11.9 Å². The molecule has 0 unspecified atom stereocenters. The zero-order chi connectivity index (χ0) is 13.9. The summed E-state index contributed by atoms with van der Waals surface area (Å²) >= 11 is 0. The first kappa shape index (κ1) is 13.1. The van der Waals surface area contributed by atoms with Gasteiger partial charge in [-0.3, -0.25) is 0 Å². The lowest BCUT2D eigenvalue weighted by atomic mass is 9.79. The third-order valence-corrected chi connectivity index (χ3v) is 4.16. The molecule has 0 spiro atoms. The van der Waals surface area contributed by atoms with Gasteiger partial charge >= 0.3 is 0 Å². The number of hydrogen-bond acceptors (Lipinski definition) is 3. The van der Waals surface area contributed by atoms with Gasteiger partial charge in [0.05, 0.1) is 5.69 Å². The van der Waals surface area contributed by atoms with Gasteiger partial charge in [-0.15, -0.1) is 0 Å². The Balaban J connectivity index is 1.98. The molecule has 2 aromatic rings. The lowest BCUT2D eigenvalue weighted by Crippen LogP contribution is -2.08. The molecule has 1 N–H and O–H groups in total. The molecule has 1 heterocycles. The van der Waals surface area contributed by atoms with Crippen molar-refractivity contribution in [2.45, 2.75) is 39.0 Å². The summed E-state index contributed by atoms with van der Waals surface area (Å²) in [6.45, 7) is 5.04. The molecule has 3 rings (SSSR count). The number of nitrogens with zero attached hydrogens (tertiary/aromatic N) is 2. The quantitative estimate of drug-likeness (QED) is 0.904. The smallest absolute Gasteiger partial charge is 0.132 e. The SMILES string of the molecule is CCNc1ncnc(-c2cccc(C3CCC3)c2)c1C. The molecule has 0 bridgehead atoms. The Bertz CT molecular complexity index is 603. The van der Waals surface area contributed by atoms with Crippen molar-refractivity contribution in [2.24, 2.45) is 0 Å². The molecular weight excluding hydrogens is 246 g/mol. The van der Waals surface area contributed by atoms with E-state index in [0.717, 1.165) is 29.5 Å². The van der Waals surface area contributed by atoms with Crippen LogP contribution in [-0.4, -0.2) is 16.5 Å². The summed E-state index contributed by atoms with van der Waals surface area (Å²) in [6.07, 6.45) is 5.67. The van der Waals surface area contributed by atoms with E-state index in [2.05, 4.69) is 53.4 Å². The first-order valence-electron chi connectivity index (χ1n) is 7.45. The predicted molar refractivity (Wildman–Crippen MR) is 83.0 cm³/mol. The molecule has 1 aliphatic carbocycles. The molecule has 1 aromatic carbocycles. The lowest BCUT2D eigenvalue weighted by molar-refractivity contribution is 0.420. The van der Waals surface area contributed by atoms with Crippen LogP contribution in [0.5, 0.6) is 0 Å². The second-order valence-corrected chi connectivity index (χ2v) is 5.48. The Kier molecular flexibility index (Phi) is 3.68. The Morgan fingerprint density at radius 3 is 2.80 bits per heavy atom. The fraction of sp³-hybridized carbons (Fsp3) is 0.412. The molecule has 20 heavy (non-hydrogen) atoms. The average Bonchev–Trinajstić information content (AvgIpc) is 2.40. The van der Waals surface area contributed by atoms with Gasteiger partial charge in [-0.2, -0.15) is 0 Å². The minimum Gasteiger partial charge on any atom is -0.370 e. The summed E-state index contributed by atoms with van der Waals surface area (Å²) in [5.74, 6) is 1.69. The fourth-order valence-corrected chi connectivity index (χ4v) is 2.77. The maximum Gasteiger partial charge on any atom is 0.132 e. The molecule has 104 valence electrons. The third-order valence-electron chi connectivity index (χ3n) is 4.16. The Morgan fingerprint density at radius 2 is 2.10 bits per heavy atom. The normalized spacial score (nSPS) is 14.9. The highest BCUT2D eigenvalue weighted by Gasteiger charge is 2.20. The molecule has 1 fully saturated rings. The van der Waals surface area contributed by atoms with Crippen molar-refractivity contribution < 1.29 is 0 Å². The van der Waals surface area contributed by atoms with E-state index >= 15 is 0 Å². The highest BCUT2D eigenvalue weighted by molar-refractivity contribution is 5.68. The highest BCUT2D eigenvalue weighted by atomic mass is 15.0. The second-order valence-electron chi connectivity index (χ2n) is 5.48. The molecule has 1 aromatic heterocycles. The van der Waals surface area contributed by atoms with Gasteiger partial charge in [0.2, 0.25) is 0 Å².